The zero-order valence-electron chi connectivity index (χ0n) is 23.5. The Balaban J connectivity index is 1.27. The first-order chi connectivity index (χ1) is 16.5. The maximum absolute atomic E-state index is 12.4. The summed E-state index contributed by atoms with van der Waals surface area (Å²) in [6, 6.07) is 0. The molecular formula is C32H54O3. The van der Waals surface area contributed by atoms with Crippen molar-refractivity contribution in [3.63, 3.8) is 0 Å². The van der Waals surface area contributed by atoms with Crippen LogP contribution in [0.2, 0.25) is 0 Å². The van der Waals surface area contributed by atoms with E-state index in [4.69, 9.17) is 4.74 Å². The molecule has 5 unspecified atom stereocenters. The van der Waals surface area contributed by atoms with E-state index in [0.717, 1.165) is 61.1 Å². The minimum atomic E-state index is -1.18. The number of ether oxygens (including phenoxy) is 1. The van der Waals surface area contributed by atoms with E-state index in [0.29, 0.717) is 23.2 Å². The lowest BCUT2D eigenvalue weighted by atomic mass is 9.43. The van der Waals surface area contributed by atoms with Gasteiger partial charge in [0.05, 0.1) is 0 Å². The molecule has 0 aromatic heterocycles. The molecule has 0 aromatic carbocycles. The summed E-state index contributed by atoms with van der Waals surface area (Å²) in [7, 11) is 0. The van der Waals surface area contributed by atoms with Crippen LogP contribution in [-0.2, 0) is 9.53 Å². The van der Waals surface area contributed by atoms with Crippen LogP contribution in [0.5, 0.6) is 0 Å². The van der Waals surface area contributed by atoms with Gasteiger partial charge in [0.1, 0.15) is 5.60 Å². The van der Waals surface area contributed by atoms with Gasteiger partial charge in [-0.1, -0.05) is 20.8 Å². The Morgan fingerprint density at radius 1 is 0.971 bits per heavy atom. The van der Waals surface area contributed by atoms with Crippen LogP contribution in [0.3, 0.4) is 0 Å². The number of ketones is 1. The Kier molecular flexibility index (Phi) is 7.28. The fourth-order valence-corrected chi connectivity index (χ4v) is 10.8. The van der Waals surface area contributed by atoms with E-state index in [2.05, 4.69) is 20.8 Å². The SMILES string of the molecule is C[C@H](CCC(=O)C(C)(C)O)[C@H]1CCC2C3CC[C@@H]4CCC(C5CCCOC5)C[C@]4(C)C3CC[C@@]21C. The van der Waals surface area contributed by atoms with Crippen molar-refractivity contribution in [1.29, 1.82) is 0 Å². The highest BCUT2D eigenvalue weighted by atomic mass is 16.5. The number of aliphatic hydroxyl groups is 1. The number of Topliss-reactive ketones (excluding diaryl/α,β-unsaturated/α-hetero) is 1. The number of carbonyl (C=O) groups is 1. The molecule has 35 heavy (non-hydrogen) atoms. The summed E-state index contributed by atoms with van der Waals surface area (Å²) in [5.41, 5.74) is -0.185. The third-order valence-electron chi connectivity index (χ3n) is 12.8. The Morgan fingerprint density at radius 2 is 1.71 bits per heavy atom. The van der Waals surface area contributed by atoms with Gasteiger partial charge in [-0.15, -0.1) is 0 Å². The first-order valence-electron chi connectivity index (χ1n) is 15.4. The minimum Gasteiger partial charge on any atom is -0.383 e. The van der Waals surface area contributed by atoms with E-state index >= 15 is 0 Å². The smallest absolute Gasteiger partial charge is 0.163 e. The fraction of sp³-hybridized carbons (Fsp3) is 0.969. The number of carbonyl (C=O) groups excluding carboxylic acids is 1. The second kappa shape index (κ2) is 9.72. The van der Waals surface area contributed by atoms with Crippen molar-refractivity contribution < 1.29 is 14.6 Å². The van der Waals surface area contributed by atoms with Crippen LogP contribution < -0.4 is 0 Å². The highest BCUT2D eigenvalue weighted by molar-refractivity contribution is 5.86. The van der Waals surface area contributed by atoms with Crippen LogP contribution in [0.1, 0.15) is 118 Å². The van der Waals surface area contributed by atoms with Crippen molar-refractivity contribution in [2.45, 2.75) is 124 Å². The molecule has 0 bridgehead atoms. The van der Waals surface area contributed by atoms with Crippen molar-refractivity contribution in [2.24, 2.45) is 58.2 Å². The van der Waals surface area contributed by atoms with Gasteiger partial charge in [-0.3, -0.25) is 4.79 Å². The van der Waals surface area contributed by atoms with E-state index < -0.39 is 5.60 Å². The standard InChI is InChI=1S/C32H54O3/c1-21(8-15-29(33)30(2,3)34)26-13-14-27-25-12-11-24-10-9-22(23-7-6-18-35-20-23)19-32(24,5)28(25)16-17-31(26,27)4/h21-28,34H,6-20H2,1-5H3/t21-,22?,23?,24+,25?,26-,27?,28?,31-,32+/m1/s1. The molecular weight excluding hydrogens is 432 g/mol. The molecule has 3 nitrogen and oxygen atoms in total. The van der Waals surface area contributed by atoms with Crippen molar-refractivity contribution in [1.82, 2.24) is 0 Å². The quantitative estimate of drug-likeness (QED) is 0.424. The number of hydrogen-bond donors (Lipinski definition) is 1. The monoisotopic (exact) mass is 486 g/mol. The predicted molar refractivity (Wildman–Crippen MR) is 142 cm³/mol. The first-order valence-corrected chi connectivity index (χ1v) is 15.4. The van der Waals surface area contributed by atoms with Crippen molar-refractivity contribution in [3.05, 3.63) is 0 Å². The molecule has 5 rings (SSSR count). The number of hydrogen-bond acceptors (Lipinski definition) is 3. The fourth-order valence-electron chi connectivity index (χ4n) is 10.8. The van der Waals surface area contributed by atoms with Crippen molar-refractivity contribution >= 4 is 5.78 Å². The summed E-state index contributed by atoms with van der Waals surface area (Å²) in [5.74, 6) is 6.73. The maximum Gasteiger partial charge on any atom is 0.163 e. The van der Waals surface area contributed by atoms with Gasteiger partial charge in [0.2, 0.25) is 0 Å². The van der Waals surface area contributed by atoms with Gasteiger partial charge in [-0.05, 0) is 149 Å². The third kappa shape index (κ3) is 4.68. The Labute approximate surface area is 215 Å². The largest absolute Gasteiger partial charge is 0.383 e. The van der Waals surface area contributed by atoms with Gasteiger partial charge in [0.25, 0.3) is 0 Å². The molecule has 200 valence electrons. The molecule has 1 heterocycles. The van der Waals surface area contributed by atoms with Crippen LogP contribution in [0, 0.1) is 58.2 Å². The molecule has 3 heteroatoms. The predicted octanol–water partition coefficient (Wildman–Crippen LogP) is 7.44. The van der Waals surface area contributed by atoms with Crippen LogP contribution >= 0.6 is 0 Å². The molecule has 4 aliphatic carbocycles. The van der Waals surface area contributed by atoms with E-state index in [9.17, 15) is 9.90 Å². The van der Waals surface area contributed by atoms with Crippen molar-refractivity contribution in [3.8, 4) is 0 Å². The van der Waals surface area contributed by atoms with Gasteiger partial charge in [-0.2, -0.15) is 0 Å². The summed E-state index contributed by atoms with van der Waals surface area (Å²) in [6.45, 7) is 13.1. The number of fused-ring (bicyclic) bond motifs is 5. The molecule has 1 aliphatic heterocycles. The molecule has 5 fully saturated rings. The average Bonchev–Trinajstić information content (AvgIpc) is 3.19. The molecule has 1 N–H and O–H groups in total. The molecule has 5 aliphatic rings. The summed E-state index contributed by atoms with van der Waals surface area (Å²) in [6.07, 6.45) is 17.1. The van der Waals surface area contributed by atoms with Gasteiger partial charge >= 0.3 is 0 Å². The maximum atomic E-state index is 12.4. The topological polar surface area (TPSA) is 46.5 Å². The molecule has 0 spiro atoms. The van der Waals surface area contributed by atoms with Gasteiger partial charge in [0.15, 0.2) is 5.78 Å². The van der Waals surface area contributed by atoms with E-state index in [-0.39, 0.29) is 5.78 Å². The van der Waals surface area contributed by atoms with E-state index in [1.807, 2.05) is 0 Å². The van der Waals surface area contributed by atoms with E-state index in [1.54, 1.807) is 13.8 Å². The van der Waals surface area contributed by atoms with Gasteiger partial charge in [-0.25, -0.2) is 0 Å². The Bertz CT molecular complexity index is 763. The molecule has 0 aromatic rings. The van der Waals surface area contributed by atoms with Gasteiger partial charge < -0.3 is 9.84 Å². The highest BCUT2D eigenvalue weighted by Gasteiger charge is 2.61. The molecule has 4 saturated carbocycles. The summed E-state index contributed by atoms with van der Waals surface area (Å²) in [4.78, 5) is 12.4. The molecule has 0 radical (unpaired) electrons. The van der Waals surface area contributed by atoms with Crippen LogP contribution in [0.25, 0.3) is 0 Å². The minimum absolute atomic E-state index is 0.00854. The highest BCUT2D eigenvalue weighted by Crippen LogP contribution is 2.69. The molecule has 10 atom stereocenters. The lowest BCUT2D eigenvalue weighted by Gasteiger charge is -2.62. The van der Waals surface area contributed by atoms with Crippen LogP contribution in [0.4, 0.5) is 0 Å². The second-order valence-corrected chi connectivity index (χ2v) is 14.9. The molecule has 0 amide bonds. The second-order valence-electron chi connectivity index (χ2n) is 14.9. The zero-order chi connectivity index (χ0) is 25.0. The lowest BCUT2D eigenvalue weighted by Crippen LogP contribution is -2.54. The van der Waals surface area contributed by atoms with Crippen molar-refractivity contribution in [2.75, 3.05) is 13.2 Å². The van der Waals surface area contributed by atoms with Gasteiger partial charge in [0, 0.05) is 19.6 Å². The third-order valence-corrected chi connectivity index (χ3v) is 12.8. The average molecular weight is 487 g/mol. The Morgan fingerprint density at radius 3 is 2.43 bits per heavy atom. The van der Waals surface area contributed by atoms with Crippen LogP contribution in [-0.4, -0.2) is 29.7 Å². The Hall–Kier alpha value is -0.410. The molecule has 1 saturated heterocycles. The van der Waals surface area contributed by atoms with E-state index in [1.165, 1.54) is 70.6 Å². The summed E-state index contributed by atoms with van der Waals surface area (Å²) in [5, 5.41) is 10.1. The lowest BCUT2D eigenvalue weighted by molar-refractivity contribution is -0.136. The van der Waals surface area contributed by atoms with Crippen LogP contribution in [0.15, 0.2) is 0 Å². The summed E-state index contributed by atoms with van der Waals surface area (Å²) >= 11 is 0. The number of rotatable bonds is 6. The summed E-state index contributed by atoms with van der Waals surface area (Å²) < 4.78 is 5.93. The zero-order valence-corrected chi connectivity index (χ0v) is 23.5. The first kappa shape index (κ1) is 26.2. The normalized spacial score (nSPS) is 46.9.